The summed E-state index contributed by atoms with van der Waals surface area (Å²) in [5.41, 5.74) is 1.41. The van der Waals surface area contributed by atoms with E-state index in [9.17, 15) is 13.2 Å². The first kappa shape index (κ1) is 21.3. The summed E-state index contributed by atoms with van der Waals surface area (Å²) < 4.78 is 30.0. The van der Waals surface area contributed by atoms with Crippen LogP contribution in [0.2, 0.25) is 10.0 Å². The SMILES string of the molecule is Cc1ccc(S(=O)(=O)CCCC(=O)Nc2nnc(-c3cc(Cl)ccc3Cl)o2)cc1. The smallest absolute Gasteiger partial charge is 0.322 e. The summed E-state index contributed by atoms with van der Waals surface area (Å²) in [5.74, 6) is -0.470. The molecule has 0 bridgehead atoms. The lowest BCUT2D eigenvalue weighted by Crippen LogP contribution is -2.14. The van der Waals surface area contributed by atoms with Gasteiger partial charge in [0, 0.05) is 11.4 Å². The minimum absolute atomic E-state index is 0.0132. The van der Waals surface area contributed by atoms with Crippen molar-refractivity contribution in [2.45, 2.75) is 24.7 Å². The standard InChI is InChI=1S/C19H17Cl2N3O4S/c1-12-4-7-14(8-5-12)29(26,27)10-2-3-17(25)22-19-24-23-18(28-19)15-11-13(20)6-9-16(15)21/h4-9,11H,2-3,10H2,1H3,(H,22,24,25). The van der Waals surface area contributed by atoms with Gasteiger partial charge in [0.2, 0.25) is 5.91 Å². The van der Waals surface area contributed by atoms with Crippen molar-refractivity contribution < 1.29 is 17.6 Å². The number of carbonyl (C=O) groups is 1. The van der Waals surface area contributed by atoms with E-state index < -0.39 is 15.7 Å². The Bertz CT molecular complexity index is 1130. The van der Waals surface area contributed by atoms with E-state index >= 15 is 0 Å². The summed E-state index contributed by atoms with van der Waals surface area (Å²) in [6.07, 6.45) is 0.143. The quantitative estimate of drug-likeness (QED) is 0.562. The molecule has 0 radical (unpaired) electrons. The van der Waals surface area contributed by atoms with Crippen molar-refractivity contribution in [1.29, 1.82) is 0 Å². The molecule has 0 aliphatic rings. The number of benzene rings is 2. The van der Waals surface area contributed by atoms with Crippen LogP contribution in [-0.4, -0.2) is 30.3 Å². The fourth-order valence-corrected chi connectivity index (χ4v) is 4.19. The van der Waals surface area contributed by atoms with Gasteiger partial charge in [0.25, 0.3) is 5.89 Å². The van der Waals surface area contributed by atoms with Crippen LogP contribution in [0.15, 0.2) is 51.8 Å². The zero-order valence-electron chi connectivity index (χ0n) is 15.4. The van der Waals surface area contributed by atoms with Gasteiger partial charge in [-0.1, -0.05) is 46.0 Å². The van der Waals surface area contributed by atoms with E-state index in [1.165, 1.54) is 0 Å². The van der Waals surface area contributed by atoms with Gasteiger partial charge in [0.1, 0.15) is 0 Å². The molecule has 0 unspecified atom stereocenters. The number of hydrogen-bond donors (Lipinski definition) is 1. The molecule has 1 amide bonds. The van der Waals surface area contributed by atoms with Gasteiger partial charge in [-0.25, -0.2) is 8.42 Å². The summed E-state index contributed by atoms with van der Waals surface area (Å²) in [4.78, 5) is 12.3. The van der Waals surface area contributed by atoms with Crippen LogP contribution in [0.4, 0.5) is 6.01 Å². The molecule has 29 heavy (non-hydrogen) atoms. The minimum atomic E-state index is -3.44. The van der Waals surface area contributed by atoms with E-state index in [1.54, 1.807) is 42.5 Å². The van der Waals surface area contributed by atoms with Crippen molar-refractivity contribution >= 4 is 45.0 Å². The molecule has 0 saturated carbocycles. The van der Waals surface area contributed by atoms with Gasteiger partial charge in [0.15, 0.2) is 9.84 Å². The predicted molar refractivity (Wildman–Crippen MR) is 111 cm³/mol. The van der Waals surface area contributed by atoms with Crippen LogP contribution in [0.5, 0.6) is 0 Å². The highest BCUT2D eigenvalue weighted by Crippen LogP contribution is 2.30. The molecule has 0 aliphatic heterocycles. The first-order valence-corrected chi connectivity index (χ1v) is 11.0. The Morgan fingerprint density at radius 1 is 1.10 bits per heavy atom. The van der Waals surface area contributed by atoms with Crippen molar-refractivity contribution in [1.82, 2.24) is 10.2 Å². The highest BCUT2D eigenvalue weighted by Gasteiger charge is 2.17. The maximum absolute atomic E-state index is 12.3. The van der Waals surface area contributed by atoms with Crippen molar-refractivity contribution in [3.63, 3.8) is 0 Å². The highest BCUT2D eigenvalue weighted by atomic mass is 35.5. The Morgan fingerprint density at radius 3 is 2.55 bits per heavy atom. The fourth-order valence-electron chi connectivity index (χ4n) is 2.51. The molecule has 0 fully saturated rings. The zero-order valence-corrected chi connectivity index (χ0v) is 17.7. The molecule has 1 heterocycles. The second kappa shape index (κ2) is 8.94. The van der Waals surface area contributed by atoms with Crippen molar-refractivity contribution in [3.05, 3.63) is 58.1 Å². The molecule has 0 saturated heterocycles. The first-order valence-electron chi connectivity index (χ1n) is 8.63. The Hall–Kier alpha value is -2.42. The number of sulfone groups is 1. The Kier molecular flexibility index (Phi) is 6.56. The Morgan fingerprint density at radius 2 is 1.83 bits per heavy atom. The maximum Gasteiger partial charge on any atom is 0.322 e. The average Bonchev–Trinajstić information content (AvgIpc) is 3.12. The van der Waals surface area contributed by atoms with Crippen LogP contribution in [-0.2, 0) is 14.6 Å². The molecule has 0 spiro atoms. The molecule has 2 aromatic carbocycles. The number of aryl methyl sites for hydroxylation is 1. The second-order valence-electron chi connectivity index (χ2n) is 6.32. The highest BCUT2D eigenvalue weighted by molar-refractivity contribution is 7.91. The molecule has 10 heteroatoms. The van der Waals surface area contributed by atoms with Crippen molar-refractivity contribution in [2.75, 3.05) is 11.1 Å². The summed E-state index contributed by atoms with van der Waals surface area (Å²) in [5, 5.41) is 10.9. The summed E-state index contributed by atoms with van der Waals surface area (Å²) in [6.45, 7) is 1.88. The molecule has 3 rings (SSSR count). The minimum Gasteiger partial charge on any atom is -0.403 e. The van der Waals surface area contributed by atoms with E-state index in [-0.39, 0.29) is 35.4 Å². The molecule has 1 aromatic heterocycles. The normalized spacial score (nSPS) is 11.4. The third kappa shape index (κ3) is 5.56. The van der Waals surface area contributed by atoms with Gasteiger partial charge < -0.3 is 4.42 Å². The van der Waals surface area contributed by atoms with Gasteiger partial charge in [-0.2, -0.15) is 0 Å². The van der Waals surface area contributed by atoms with Gasteiger partial charge >= 0.3 is 6.01 Å². The lowest BCUT2D eigenvalue weighted by Gasteiger charge is -2.05. The van der Waals surface area contributed by atoms with E-state index in [4.69, 9.17) is 27.6 Å². The van der Waals surface area contributed by atoms with Crippen molar-refractivity contribution in [3.8, 4) is 11.5 Å². The largest absolute Gasteiger partial charge is 0.403 e. The van der Waals surface area contributed by atoms with E-state index in [0.717, 1.165) is 5.56 Å². The monoisotopic (exact) mass is 453 g/mol. The van der Waals surface area contributed by atoms with Crippen LogP contribution in [0.3, 0.4) is 0 Å². The lowest BCUT2D eigenvalue weighted by atomic mass is 10.2. The molecule has 1 N–H and O–H groups in total. The van der Waals surface area contributed by atoms with Crippen molar-refractivity contribution in [2.24, 2.45) is 0 Å². The molecule has 3 aromatic rings. The predicted octanol–water partition coefficient (Wildman–Crippen LogP) is 4.54. The summed E-state index contributed by atoms with van der Waals surface area (Å²) >= 11 is 12.0. The average molecular weight is 454 g/mol. The third-order valence-electron chi connectivity index (χ3n) is 4.03. The number of nitrogens with one attached hydrogen (secondary N) is 1. The van der Waals surface area contributed by atoms with E-state index in [1.807, 2.05) is 6.92 Å². The van der Waals surface area contributed by atoms with E-state index in [0.29, 0.717) is 15.6 Å². The molecule has 0 aliphatic carbocycles. The van der Waals surface area contributed by atoms with Crippen LogP contribution < -0.4 is 5.32 Å². The van der Waals surface area contributed by atoms with Gasteiger partial charge in [0.05, 0.1) is 21.2 Å². The Labute approximate surface area is 178 Å². The number of aromatic nitrogens is 2. The third-order valence-corrected chi connectivity index (χ3v) is 6.41. The number of anilines is 1. The van der Waals surface area contributed by atoms with Crippen LogP contribution >= 0.6 is 23.2 Å². The number of nitrogens with zero attached hydrogens (tertiary/aromatic N) is 2. The zero-order chi connectivity index (χ0) is 21.0. The Balaban J connectivity index is 1.56. The number of amides is 1. The molecule has 0 atom stereocenters. The number of carbonyl (C=O) groups excluding carboxylic acids is 1. The van der Waals surface area contributed by atoms with Crippen LogP contribution in [0.1, 0.15) is 18.4 Å². The van der Waals surface area contributed by atoms with Gasteiger partial charge in [-0.3, -0.25) is 10.1 Å². The van der Waals surface area contributed by atoms with Gasteiger partial charge in [-0.05, 0) is 43.7 Å². The molecular weight excluding hydrogens is 437 g/mol. The van der Waals surface area contributed by atoms with Crippen LogP contribution in [0.25, 0.3) is 11.5 Å². The molecular formula is C19H17Cl2N3O4S. The number of halogens is 2. The van der Waals surface area contributed by atoms with E-state index in [2.05, 4.69) is 15.5 Å². The number of hydrogen-bond acceptors (Lipinski definition) is 6. The second-order valence-corrected chi connectivity index (χ2v) is 9.27. The maximum atomic E-state index is 12.3. The van der Waals surface area contributed by atoms with Crippen LogP contribution in [0, 0.1) is 6.92 Å². The van der Waals surface area contributed by atoms with Gasteiger partial charge in [-0.15, -0.1) is 5.10 Å². The molecule has 7 nitrogen and oxygen atoms in total. The summed E-state index contributed by atoms with van der Waals surface area (Å²) in [6, 6.07) is 11.3. The topological polar surface area (TPSA) is 102 Å². The first-order chi connectivity index (χ1) is 13.7. The fraction of sp³-hybridized carbons (Fsp3) is 0.211. The lowest BCUT2D eigenvalue weighted by molar-refractivity contribution is -0.116. The molecule has 152 valence electrons. The number of rotatable bonds is 7. The summed E-state index contributed by atoms with van der Waals surface area (Å²) in [7, 11) is -3.44.